The molecule has 1 aromatic heterocycles. The minimum atomic E-state index is 0.551. The molecule has 0 bridgehead atoms. The van der Waals surface area contributed by atoms with Crippen LogP contribution in [-0.2, 0) is 11.2 Å². The molecular formula is C16H23N3O. The highest BCUT2D eigenvalue weighted by Gasteiger charge is 2.14. The van der Waals surface area contributed by atoms with Crippen molar-refractivity contribution in [2.45, 2.75) is 39.2 Å². The lowest BCUT2D eigenvalue weighted by atomic mass is 10.1. The van der Waals surface area contributed by atoms with Crippen LogP contribution in [0.4, 0.5) is 0 Å². The summed E-state index contributed by atoms with van der Waals surface area (Å²) in [6.45, 7) is 7.08. The van der Waals surface area contributed by atoms with Gasteiger partial charge in [0, 0.05) is 19.1 Å². The molecule has 1 saturated heterocycles. The van der Waals surface area contributed by atoms with Gasteiger partial charge >= 0.3 is 0 Å². The van der Waals surface area contributed by atoms with Gasteiger partial charge in [-0.1, -0.05) is 6.07 Å². The second kappa shape index (κ2) is 5.94. The summed E-state index contributed by atoms with van der Waals surface area (Å²) in [5.74, 6) is 1.10. The molecule has 0 amide bonds. The summed E-state index contributed by atoms with van der Waals surface area (Å²) in [5.41, 5.74) is 4.86. The van der Waals surface area contributed by atoms with E-state index in [0.29, 0.717) is 6.04 Å². The van der Waals surface area contributed by atoms with Gasteiger partial charge in [0.15, 0.2) is 0 Å². The zero-order valence-electron chi connectivity index (χ0n) is 12.3. The third-order valence-corrected chi connectivity index (χ3v) is 4.18. The number of benzene rings is 1. The van der Waals surface area contributed by atoms with E-state index in [9.17, 15) is 0 Å². The number of H-pyrrole nitrogens is 1. The lowest BCUT2D eigenvalue weighted by Crippen LogP contribution is -2.30. The molecule has 0 radical (unpaired) electrons. The molecule has 1 atom stereocenters. The molecule has 4 nitrogen and oxygen atoms in total. The quantitative estimate of drug-likeness (QED) is 0.823. The first-order chi connectivity index (χ1) is 9.74. The van der Waals surface area contributed by atoms with Crippen LogP contribution in [-0.4, -0.2) is 35.8 Å². The first-order valence-corrected chi connectivity index (χ1v) is 7.50. The Morgan fingerprint density at radius 2 is 2.30 bits per heavy atom. The number of nitrogens with zero attached hydrogens (tertiary/aromatic N) is 1. The molecule has 2 N–H and O–H groups in total. The summed E-state index contributed by atoms with van der Waals surface area (Å²) in [7, 11) is 0. The smallest absolute Gasteiger partial charge is 0.107 e. The summed E-state index contributed by atoms with van der Waals surface area (Å²) < 4.78 is 5.36. The Morgan fingerprint density at radius 3 is 3.10 bits per heavy atom. The number of rotatable bonds is 5. The lowest BCUT2D eigenvalue weighted by Gasteiger charge is -2.09. The number of fused-ring (bicyclic) bond motifs is 1. The number of aromatic amines is 1. The molecule has 3 rings (SSSR count). The average Bonchev–Trinajstić information content (AvgIpc) is 3.08. The predicted molar refractivity (Wildman–Crippen MR) is 81.1 cm³/mol. The highest BCUT2D eigenvalue weighted by Crippen LogP contribution is 2.19. The van der Waals surface area contributed by atoms with Gasteiger partial charge in [-0.2, -0.15) is 0 Å². The van der Waals surface area contributed by atoms with E-state index in [-0.39, 0.29) is 0 Å². The van der Waals surface area contributed by atoms with Gasteiger partial charge in [-0.3, -0.25) is 0 Å². The Morgan fingerprint density at radius 1 is 1.40 bits per heavy atom. The van der Waals surface area contributed by atoms with Gasteiger partial charge in [0.1, 0.15) is 5.82 Å². The molecule has 108 valence electrons. The molecular weight excluding hydrogens is 250 g/mol. The summed E-state index contributed by atoms with van der Waals surface area (Å²) in [6.07, 6.45) is 3.24. The van der Waals surface area contributed by atoms with Gasteiger partial charge in [0.2, 0.25) is 0 Å². The fourth-order valence-electron chi connectivity index (χ4n) is 2.74. The van der Waals surface area contributed by atoms with Crippen LogP contribution in [0.5, 0.6) is 0 Å². The number of nitrogens with one attached hydrogen (secondary N) is 2. The molecule has 0 aliphatic carbocycles. The van der Waals surface area contributed by atoms with Crippen LogP contribution in [0, 0.1) is 13.8 Å². The predicted octanol–water partition coefficient (Wildman–Crippen LogP) is 2.49. The van der Waals surface area contributed by atoms with Gasteiger partial charge in [-0.05, 0) is 50.4 Å². The van der Waals surface area contributed by atoms with E-state index in [1.54, 1.807) is 0 Å². The maximum atomic E-state index is 5.36. The van der Waals surface area contributed by atoms with Gasteiger partial charge in [-0.25, -0.2) is 4.98 Å². The van der Waals surface area contributed by atoms with Crippen molar-refractivity contribution >= 4 is 11.0 Å². The Labute approximate surface area is 119 Å². The highest BCUT2D eigenvalue weighted by atomic mass is 16.5. The maximum Gasteiger partial charge on any atom is 0.107 e. The first kappa shape index (κ1) is 13.6. The van der Waals surface area contributed by atoms with Crippen LogP contribution in [0.25, 0.3) is 11.0 Å². The zero-order valence-corrected chi connectivity index (χ0v) is 12.3. The maximum absolute atomic E-state index is 5.36. The Bertz CT molecular complexity index is 585. The average molecular weight is 273 g/mol. The third kappa shape index (κ3) is 2.86. The second-order valence-corrected chi connectivity index (χ2v) is 5.71. The number of aryl methyl sites for hydroxylation is 3. The minimum Gasteiger partial charge on any atom is -0.380 e. The van der Waals surface area contributed by atoms with E-state index in [4.69, 9.17) is 9.72 Å². The van der Waals surface area contributed by atoms with Crippen molar-refractivity contribution in [3.05, 3.63) is 29.1 Å². The molecule has 2 aromatic rings. The van der Waals surface area contributed by atoms with E-state index in [1.807, 2.05) is 0 Å². The van der Waals surface area contributed by atoms with Crippen LogP contribution < -0.4 is 5.32 Å². The van der Waals surface area contributed by atoms with E-state index in [2.05, 4.69) is 36.3 Å². The number of hydrogen-bond acceptors (Lipinski definition) is 3. The number of aromatic nitrogens is 2. The molecule has 1 aromatic carbocycles. The largest absolute Gasteiger partial charge is 0.380 e. The van der Waals surface area contributed by atoms with E-state index in [0.717, 1.165) is 55.9 Å². The summed E-state index contributed by atoms with van der Waals surface area (Å²) in [6, 6.07) is 4.83. The molecule has 2 heterocycles. The SMILES string of the molecule is Cc1ccc2[nH]c(CCCN[C@@H]3CCOC3)nc2c1C. The van der Waals surface area contributed by atoms with Gasteiger partial charge in [-0.15, -0.1) is 0 Å². The monoisotopic (exact) mass is 273 g/mol. The number of hydrogen-bond donors (Lipinski definition) is 2. The van der Waals surface area contributed by atoms with Gasteiger partial charge < -0.3 is 15.0 Å². The zero-order chi connectivity index (χ0) is 13.9. The van der Waals surface area contributed by atoms with Crippen molar-refractivity contribution in [2.24, 2.45) is 0 Å². The molecule has 0 spiro atoms. The summed E-state index contributed by atoms with van der Waals surface area (Å²) >= 11 is 0. The standard InChI is InChI=1S/C16H23N3O/c1-11-5-6-14-16(12(11)2)19-15(18-14)4-3-8-17-13-7-9-20-10-13/h5-6,13,17H,3-4,7-10H2,1-2H3,(H,18,19)/t13-/m1/s1. The van der Waals surface area contributed by atoms with Crippen molar-refractivity contribution in [2.75, 3.05) is 19.8 Å². The molecule has 1 aliphatic heterocycles. The fourth-order valence-corrected chi connectivity index (χ4v) is 2.74. The van der Waals surface area contributed by atoms with Crippen molar-refractivity contribution in [1.29, 1.82) is 0 Å². The van der Waals surface area contributed by atoms with Crippen LogP contribution in [0.2, 0.25) is 0 Å². The molecule has 1 aliphatic rings. The number of ether oxygens (including phenoxy) is 1. The normalized spacial score (nSPS) is 19.0. The van der Waals surface area contributed by atoms with Crippen molar-refractivity contribution < 1.29 is 4.74 Å². The van der Waals surface area contributed by atoms with Crippen LogP contribution in [0.1, 0.15) is 29.8 Å². The van der Waals surface area contributed by atoms with Crippen LogP contribution >= 0.6 is 0 Å². The summed E-state index contributed by atoms with van der Waals surface area (Å²) in [5, 5.41) is 3.54. The van der Waals surface area contributed by atoms with Crippen molar-refractivity contribution in [3.8, 4) is 0 Å². The molecule has 0 unspecified atom stereocenters. The van der Waals surface area contributed by atoms with Crippen molar-refractivity contribution in [1.82, 2.24) is 15.3 Å². The molecule has 20 heavy (non-hydrogen) atoms. The lowest BCUT2D eigenvalue weighted by molar-refractivity contribution is 0.190. The van der Waals surface area contributed by atoms with Crippen molar-refractivity contribution in [3.63, 3.8) is 0 Å². The van der Waals surface area contributed by atoms with E-state index >= 15 is 0 Å². The Hall–Kier alpha value is -1.39. The molecule has 4 heteroatoms. The highest BCUT2D eigenvalue weighted by molar-refractivity contribution is 5.79. The summed E-state index contributed by atoms with van der Waals surface area (Å²) in [4.78, 5) is 8.16. The van der Waals surface area contributed by atoms with Gasteiger partial charge in [0.25, 0.3) is 0 Å². The van der Waals surface area contributed by atoms with E-state index < -0.39 is 0 Å². The Balaban J connectivity index is 1.56. The molecule has 0 saturated carbocycles. The van der Waals surface area contributed by atoms with Crippen LogP contribution in [0.15, 0.2) is 12.1 Å². The topological polar surface area (TPSA) is 49.9 Å². The second-order valence-electron chi connectivity index (χ2n) is 5.71. The third-order valence-electron chi connectivity index (χ3n) is 4.18. The van der Waals surface area contributed by atoms with Gasteiger partial charge in [0.05, 0.1) is 17.6 Å². The number of imidazole rings is 1. The fraction of sp³-hybridized carbons (Fsp3) is 0.562. The first-order valence-electron chi connectivity index (χ1n) is 7.50. The Kier molecular flexibility index (Phi) is 4.03. The molecule has 1 fully saturated rings. The minimum absolute atomic E-state index is 0.551. The van der Waals surface area contributed by atoms with Crippen LogP contribution in [0.3, 0.4) is 0 Å². The van der Waals surface area contributed by atoms with E-state index in [1.165, 1.54) is 11.1 Å².